The highest BCUT2D eigenvalue weighted by Gasteiger charge is 2.10. The number of carbonyl (C=O) groups excluding carboxylic acids is 2. The first-order valence-corrected chi connectivity index (χ1v) is 9.57. The predicted octanol–water partition coefficient (Wildman–Crippen LogP) is 3.26. The van der Waals surface area contributed by atoms with Crippen molar-refractivity contribution < 1.29 is 19.1 Å². The number of benzene rings is 3. The maximum absolute atomic E-state index is 12.2. The maximum Gasteiger partial charge on any atom is 0.276 e. The SMILES string of the molecule is COCc1ccc(C(=O)NNC(=O)COc2ccccc2Cc2ccccc2)cc1. The van der Waals surface area contributed by atoms with Gasteiger partial charge in [-0.1, -0.05) is 60.7 Å². The molecule has 0 unspecified atom stereocenters. The molecule has 154 valence electrons. The molecule has 2 N–H and O–H groups in total. The van der Waals surface area contributed by atoms with Crippen molar-refractivity contribution >= 4 is 11.8 Å². The molecule has 30 heavy (non-hydrogen) atoms. The van der Waals surface area contributed by atoms with E-state index in [2.05, 4.69) is 10.9 Å². The van der Waals surface area contributed by atoms with Crippen LogP contribution in [-0.2, 0) is 22.6 Å². The van der Waals surface area contributed by atoms with Gasteiger partial charge in [0.15, 0.2) is 6.61 Å². The molecule has 0 radical (unpaired) electrons. The fourth-order valence-electron chi connectivity index (χ4n) is 2.90. The Morgan fingerprint density at radius 1 is 0.800 bits per heavy atom. The third-order valence-electron chi connectivity index (χ3n) is 4.41. The fourth-order valence-corrected chi connectivity index (χ4v) is 2.90. The van der Waals surface area contributed by atoms with E-state index in [9.17, 15) is 9.59 Å². The Bertz CT molecular complexity index is 972. The van der Waals surface area contributed by atoms with E-state index < -0.39 is 11.8 Å². The van der Waals surface area contributed by atoms with Crippen molar-refractivity contribution in [2.45, 2.75) is 13.0 Å². The number of nitrogens with one attached hydrogen (secondary N) is 2. The molecule has 0 spiro atoms. The molecular formula is C24H24N2O4. The summed E-state index contributed by atoms with van der Waals surface area (Å²) in [6, 6.07) is 24.6. The fraction of sp³-hybridized carbons (Fsp3) is 0.167. The Labute approximate surface area is 175 Å². The van der Waals surface area contributed by atoms with E-state index in [0.29, 0.717) is 24.3 Å². The first-order valence-electron chi connectivity index (χ1n) is 9.57. The topological polar surface area (TPSA) is 76.7 Å². The monoisotopic (exact) mass is 404 g/mol. The summed E-state index contributed by atoms with van der Waals surface area (Å²) in [6.07, 6.45) is 0.703. The first kappa shape index (κ1) is 21.1. The van der Waals surface area contributed by atoms with E-state index in [1.54, 1.807) is 31.4 Å². The van der Waals surface area contributed by atoms with Gasteiger partial charge in [-0.3, -0.25) is 20.4 Å². The summed E-state index contributed by atoms with van der Waals surface area (Å²) in [5.41, 5.74) is 8.29. The lowest BCUT2D eigenvalue weighted by atomic mass is 10.0. The zero-order chi connectivity index (χ0) is 21.2. The average Bonchev–Trinajstić information content (AvgIpc) is 2.78. The quantitative estimate of drug-likeness (QED) is 0.565. The third kappa shape index (κ3) is 6.18. The number of para-hydroxylation sites is 1. The Balaban J connectivity index is 1.49. The van der Waals surface area contributed by atoms with Gasteiger partial charge >= 0.3 is 0 Å². The van der Waals surface area contributed by atoms with Gasteiger partial charge in [0.25, 0.3) is 11.8 Å². The minimum Gasteiger partial charge on any atom is -0.483 e. The minimum absolute atomic E-state index is 0.209. The van der Waals surface area contributed by atoms with E-state index >= 15 is 0 Å². The van der Waals surface area contributed by atoms with Gasteiger partial charge in [0, 0.05) is 19.1 Å². The molecule has 0 fully saturated rings. The van der Waals surface area contributed by atoms with E-state index in [-0.39, 0.29) is 6.61 Å². The van der Waals surface area contributed by atoms with Crippen molar-refractivity contribution in [1.29, 1.82) is 0 Å². The van der Waals surface area contributed by atoms with Crippen LogP contribution in [0.15, 0.2) is 78.9 Å². The third-order valence-corrected chi connectivity index (χ3v) is 4.41. The Kier molecular flexibility index (Phi) is 7.58. The number of hydrazine groups is 1. The van der Waals surface area contributed by atoms with Crippen molar-refractivity contribution in [3.63, 3.8) is 0 Å². The lowest BCUT2D eigenvalue weighted by Gasteiger charge is -2.12. The van der Waals surface area contributed by atoms with Crippen molar-refractivity contribution in [2.75, 3.05) is 13.7 Å². The van der Waals surface area contributed by atoms with Crippen LogP contribution in [0.4, 0.5) is 0 Å². The molecule has 6 heteroatoms. The van der Waals surface area contributed by atoms with Crippen LogP contribution in [0, 0.1) is 0 Å². The number of hydrogen-bond acceptors (Lipinski definition) is 4. The predicted molar refractivity (Wildman–Crippen MR) is 114 cm³/mol. The molecule has 3 aromatic carbocycles. The van der Waals surface area contributed by atoms with E-state index in [1.807, 2.05) is 54.6 Å². The first-order chi connectivity index (χ1) is 14.7. The molecule has 0 heterocycles. The van der Waals surface area contributed by atoms with Crippen molar-refractivity contribution in [1.82, 2.24) is 10.9 Å². The van der Waals surface area contributed by atoms with Gasteiger partial charge in [0.2, 0.25) is 0 Å². The summed E-state index contributed by atoms with van der Waals surface area (Å²) in [6.45, 7) is 0.264. The molecule has 6 nitrogen and oxygen atoms in total. The van der Waals surface area contributed by atoms with Crippen LogP contribution in [0.2, 0.25) is 0 Å². The molecule has 0 aliphatic carbocycles. The standard InChI is InChI=1S/C24H24N2O4/c1-29-16-19-11-13-20(14-12-19)24(28)26-25-23(27)17-30-22-10-6-5-9-21(22)15-18-7-3-2-4-8-18/h2-14H,15-17H2,1H3,(H,25,27)(H,26,28). The van der Waals surface area contributed by atoms with Gasteiger partial charge in [-0.15, -0.1) is 0 Å². The summed E-state index contributed by atoms with van der Waals surface area (Å²) in [5.74, 6) is -0.220. The van der Waals surface area contributed by atoms with Crippen LogP contribution in [-0.4, -0.2) is 25.5 Å². The highest BCUT2D eigenvalue weighted by molar-refractivity contribution is 5.95. The van der Waals surface area contributed by atoms with Crippen LogP contribution in [0.3, 0.4) is 0 Å². The molecule has 2 amide bonds. The maximum atomic E-state index is 12.2. The molecule has 0 bridgehead atoms. The largest absolute Gasteiger partial charge is 0.483 e. The van der Waals surface area contributed by atoms with E-state index in [4.69, 9.17) is 9.47 Å². The van der Waals surface area contributed by atoms with Gasteiger partial charge in [0.1, 0.15) is 5.75 Å². The zero-order valence-corrected chi connectivity index (χ0v) is 16.8. The van der Waals surface area contributed by atoms with Crippen LogP contribution in [0.5, 0.6) is 5.75 Å². The second kappa shape index (κ2) is 10.8. The molecule has 0 saturated carbocycles. The molecule has 0 aliphatic heterocycles. The summed E-state index contributed by atoms with van der Waals surface area (Å²) < 4.78 is 10.7. The van der Waals surface area contributed by atoms with Crippen LogP contribution in [0.1, 0.15) is 27.0 Å². The number of rotatable bonds is 8. The summed E-state index contributed by atoms with van der Waals surface area (Å²) in [5, 5.41) is 0. The lowest BCUT2D eigenvalue weighted by Crippen LogP contribution is -2.43. The van der Waals surface area contributed by atoms with Crippen molar-refractivity contribution in [3.8, 4) is 5.75 Å². The van der Waals surface area contributed by atoms with Gasteiger partial charge in [-0.2, -0.15) is 0 Å². The number of methoxy groups -OCH3 is 1. The van der Waals surface area contributed by atoms with Crippen molar-refractivity contribution in [3.05, 3.63) is 101 Å². The zero-order valence-electron chi connectivity index (χ0n) is 16.8. The number of ether oxygens (including phenoxy) is 2. The second-order valence-corrected chi connectivity index (χ2v) is 6.69. The molecule has 3 rings (SSSR count). The molecule has 0 aliphatic rings. The molecular weight excluding hydrogens is 380 g/mol. The Morgan fingerprint density at radius 3 is 2.23 bits per heavy atom. The number of hydrogen-bond donors (Lipinski definition) is 2. The summed E-state index contributed by atoms with van der Waals surface area (Å²) in [4.78, 5) is 24.2. The number of carbonyl (C=O) groups is 2. The highest BCUT2D eigenvalue weighted by Crippen LogP contribution is 2.21. The van der Waals surface area contributed by atoms with Gasteiger partial charge in [0.05, 0.1) is 6.61 Å². The molecule has 0 atom stereocenters. The molecule has 0 saturated heterocycles. The van der Waals surface area contributed by atoms with Gasteiger partial charge in [-0.25, -0.2) is 0 Å². The van der Waals surface area contributed by atoms with Crippen LogP contribution >= 0.6 is 0 Å². The highest BCUT2D eigenvalue weighted by atomic mass is 16.5. The van der Waals surface area contributed by atoms with Crippen molar-refractivity contribution in [2.24, 2.45) is 0 Å². The summed E-state index contributed by atoms with van der Waals surface area (Å²) in [7, 11) is 1.61. The van der Waals surface area contributed by atoms with E-state index in [1.165, 1.54) is 0 Å². The normalized spacial score (nSPS) is 10.3. The molecule has 0 aromatic heterocycles. The smallest absolute Gasteiger partial charge is 0.276 e. The second-order valence-electron chi connectivity index (χ2n) is 6.69. The Hall–Kier alpha value is -3.64. The number of amides is 2. The van der Waals surface area contributed by atoms with Crippen LogP contribution in [0.25, 0.3) is 0 Å². The molecule has 3 aromatic rings. The minimum atomic E-state index is -0.450. The van der Waals surface area contributed by atoms with Gasteiger partial charge < -0.3 is 9.47 Å². The Morgan fingerprint density at radius 2 is 1.50 bits per heavy atom. The van der Waals surface area contributed by atoms with Crippen LogP contribution < -0.4 is 15.6 Å². The van der Waals surface area contributed by atoms with Gasteiger partial charge in [-0.05, 0) is 34.9 Å². The lowest BCUT2D eigenvalue weighted by molar-refractivity contribution is -0.123. The van der Waals surface area contributed by atoms with E-state index in [0.717, 1.165) is 16.7 Å². The summed E-state index contributed by atoms with van der Waals surface area (Å²) >= 11 is 0. The average molecular weight is 404 g/mol.